The average Bonchev–Trinajstić information content (AvgIpc) is 3.51. The molecule has 244 valence electrons. The lowest BCUT2D eigenvalue weighted by molar-refractivity contribution is 0.0194. The molecule has 0 bridgehead atoms. The lowest BCUT2D eigenvalue weighted by Crippen LogP contribution is -2.57. The van der Waals surface area contributed by atoms with E-state index < -0.39 is 11.7 Å². The van der Waals surface area contributed by atoms with Gasteiger partial charge in [0, 0.05) is 43.9 Å². The summed E-state index contributed by atoms with van der Waals surface area (Å²) in [5, 5.41) is 3.05. The van der Waals surface area contributed by atoms with Crippen LogP contribution in [-0.2, 0) is 11.3 Å². The Labute approximate surface area is 272 Å². The normalized spacial score (nSPS) is 22.9. The highest BCUT2D eigenvalue weighted by Gasteiger charge is 2.47. The Balaban J connectivity index is 1.16. The number of hydrogen-bond acceptors (Lipinski definition) is 5. The second kappa shape index (κ2) is 13.3. The van der Waals surface area contributed by atoms with Gasteiger partial charge in [-0.1, -0.05) is 73.5 Å². The van der Waals surface area contributed by atoms with E-state index in [0.717, 1.165) is 43.2 Å². The number of carbonyl (C=O) groups excluding carboxylic acids is 2. The highest BCUT2D eigenvalue weighted by atomic mass is 16.6. The van der Waals surface area contributed by atoms with Crippen LogP contribution >= 0.6 is 0 Å². The van der Waals surface area contributed by atoms with E-state index in [1.165, 1.54) is 0 Å². The Hall–Kier alpha value is -4.14. The van der Waals surface area contributed by atoms with E-state index in [1.807, 2.05) is 74.2 Å². The molecule has 3 aliphatic rings. The number of piperidine rings is 2. The molecule has 6 rings (SSSR count). The summed E-state index contributed by atoms with van der Waals surface area (Å²) in [5.41, 5.74) is 2.08. The van der Waals surface area contributed by atoms with Gasteiger partial charge in [-0.15, -0.1) is 0 Å². The molecular weight excluding hydrogens is 578 g/mol. The molecule has 3 fully saturated rings. The molecule has 1 aliphatic carbocycles. The fourth-order valence-electron chi connectivity index (χ4n) is 7.84. The highest BCUT2D eigenvalue weighted by Crippen LogP contribution is 2.49. The van der Waals surface area contributed by atoms with Crippen molar-refractivity contribution in [2.24, 2.45) is 11.3 Å². The third-order valence-corrected chi connectivity index (χ3v) is 10.1. The maximum Gasteiger partial charge on any atom is 0.407 e. The number of amides is 3. The molecule has 0 unspecified atom stereocenters. The third kappa shape index (κ3) is 7.13. The summed E-state index contributed by atoms with van der Waals surface area (Å²) >= 11 is 0. The molecule has 3 heterocycles. The zero-order valence-corrected chi connectivity index (χ0v) is 27.4. The molecule has 3 aromatic rings. The summed E-state index contributed by atoms with van der Waals surface area (Å²) < 4.78 is 7.29. The number of nitrogens with zero attached hydrogens (tertiary/aromatic N) is 4. The Bertz CT molecular complexity index is 1560. The van der Waals surface area contributed by atoms with Gasteiger partial charge in [0.1, 0.15) is 5.60 Å². The summed E-state index contributed by atoms with van der Waals surface area (Å²) in [6.07, 6.45) is 7.86. The van der Waals surface area contributed by atoms with Gasteiger partial charge in [-0.2, -0.15) is 0 Å². The Morgan fingerprint density at radius 2 is 1.67 bits per heavy atom. The highest BCUT2D eigenvalue weighted by molar-refractivity contribution is 5.75. The quantitative estimate of drug-likeness (QED) is 0.343. The molecule has 1 spiro atoms. The second-order valence-electron chi connectivity index (χ2n) is 14.4. The number of likely N-dealkylation sites (tertiary alicyclic amines) is 2. The average molecular weight is 626 g/mol. The van der Waals surface area contributed by atoms with Crippen molar-refractivity contribution in [3.05, 3.63) is 89.0 Å². The summed E-state index contributed by atoms with van der Waals surface area (Å²) in [6.45, 7) is 8.12. The number of urea groups is 1. The van der Waals surface area contributed by atoms with Crippen LogP contribution in [0.1, 0.15) is 77.3 Å². The Kier molecular flexibility index (Phi) is 9.20. The van der Waals surface area contributed by atoms with Gasteiger partial charge in [-0.05, 0) is 69.8 Å². The minimum atomic E-state index is -0.572. The van der Waals surface area contributed by atoms with Crippen molar-refractivity contribution in [1.82, 2.24) is 24.7 Å². The van der Waals surface area contributed by atoms with Crippen molar-refractivity contribution in [2.45, 2.75) is 89.9 Å². The molecule has 46 heavy (non-hydrogen) atoms. The lowest BCUT2D eigenvalue weighted by atomic mass is 9.69. The number of hydrogen-bond donors (Lipinski definition) is 1. The predicted octanol–water partition coefficient (Wildman–Crippen LogP) is 6.64. The molecule has 1 N–H and O–H groups in total. The van der Waals surface area contributed by atoms with Crippen molar-refractivity contribution < 1.29 is 14.3 Å². The smallest absolute Gasteiger partial charge is 0.407 e. The van der Waals surface area contributed by atoms with Gasteiger partial charge in [0.25, 0.3) is 5.56 Å². The van der Waals surface area contributed by atoms with Gasteiger partial charge in [0.05, 0.1) is 18.1 Å². The first-order valence-corrected chi connectivity index (χ1v) is 16.8. The van der Waals surface area contributed by atoms with E-state index in [2.05, 4.69) is 27.3 Å². The van der Waals surface area contributed by atoms with Crippen molar-refractivity contribution in [2.75, 3.05) is 19.6 Å². The summed E-state index contributed by atoms with van der Waals surface area (Å²) in [4.78, 5) is 48.9. The first-order valence-electron chi connectivity index (χ1n) is 16.8. The summed E-state index contributed by atoms with van der Waals surface area (Å²) in [6, 6.07) is 21.4. The maximum absolute atomic E-state index is 14.4. The third-order valence-electron chi connectivity index (χ3n) is 10.1. The number of carbonyl (C=O) groups is 2. The first kappa shape index (κ1) is 31.8. The van der Waals surface area contributed by atoms with E-state index in [4.69, 9.17) is 4.74 Å². The van der Waals surface area contributed by atoms with Gasteiger partial charge in [-0.3, -0.25) is 9.36 Å². The first-order chi connectivity index (χ1) is 22.1. The Morgan fingerprint density at radius 1 is 0.978 bits per heavy atom. The zero-order chi connectivity index (χ0) is 32.3. The fraction of sp³-hybridized carbons (Fsp3) is 0.514. The van der Waals surface area contributed by atoms with Crippen molar-refractivity contribution in [3.8, 4) is 11.3 Å². The number of aromatic nitrogens is 2. The number of nitrogens with one attached hydrogen (secondary N) is 1. The molecule has 1 saturated carbocycles. The second-order valence-corrected chi connectivity index (χ2v) is 14.4. The topological polar surface area (TPSA) is 96.8 Å². The maximum atomic E-state index is 14.4. The van der Waals surface area contributed by atoms with Crippen LogP contribution in [0.25, 0.3) is 11.3 Å². The monoisotopic (exact) mass is 625 g/mol. The fourth-order valence-corrected chi connectivity index (χ4v) is 7.84. The van der Waals surface area contributed by atoms with Crippen LogP contribution in [0.2, 0.25) is 0 Å². The largest absolute Gasteiger partial charge is 0.444 e. The van der Waals surface area contributed by atoms with Crippen LogP contribution < -0.4 is 10.9 Å². The SMILES string of the molecule is CC(C)(C)OC(=O)N[C@@H]1CCN(C(=O)N2CC[C@@H](Cn3cnc(-c4ccccc4)cc3=O)C3(CCCC3)C2)[C@H](c2ccccc2)C1. The van der Waals surface area contributed by atoms with Gasteiger partial charge >= 0.3 is 12.1 Å². The van der Waals surface area contributed by atoms with Crippen LogP contribution in [0.5, 0.6) is 0 Å². The molecular formula is C37H47N5O4. The number of rotatable bonds is 5. The van der Waals surface area contributed by atoms with Crippen LogP contribution in [0.4, 0.5) is 9.59 Å². The van der Waals surface area contributed by atoms with E-state index >= 15 is 0 Å². The molecule has 2 aromatic carbocycles. The van der Waals surface area contributed by atoms with Crippen LogP contribution in [0.15, 0.2) is 77.9 Å². The van der Waals surface area contributed by atoms with Crippen LogP contribution in [-0.4, -0.2) is 62.8 Å². The molecule has 9 heteroatoms. The van der Waals surface area contributed by atoms with Crippen LogP contribution in [0.3, 0.4) is 0 Å². The molecule has 3 amide bonds. The van der Waals surface area contributed by atoms with Gasteiger partial charge in [0.15, 0.2) is 0 Å². The molecule has 2 saturated heterocycles. The molecule has 9 nitrogen and oxygen atoms in total. The standard InChI is InChI=1S/C37H47N5O4/c1-36(2,3)46-34(44)39-30-17-21-42(32(22-30)28-14-8-5-9-15-28)35(45)40-20-16-29(37(25-40)18-10-11-19-37)24-41-26-38-31(23-33(41)43)27-12-6-4-7-13-27/h4-9,12-15,23,26,29-30,32H,10-11,16-22,24-25H2,1-3H3,(H,39,44)/t29-,30+,32-/m0/s1. The van der Waals surface area contributed by atoms with Gasteiger partial charge in [0.2, 0.25) is 0 Å². The van der Waals surface area contributed by atoms with E-state index in [0.29, 0.717) is 50.6 Å². The van der Waals surface area contributed by atoms with Crippen molar-refractivity contribution in [1.29, 1.82) is 0 Å². The zero-order valence-electron chi connectivity index (χ0n) is 27.4. The number of alkyl carbamates (subject to hydrolysis) is 1. The summed E-state index contributed by atoms with van der Waals surface area (Å²) in [5.74, 6) is 0.301. The van der Waals surface area contributed by atoms with E-state index in [-0.39, 0.29) is 29.1 Å². The van der Waals surface area contributed by atoms with Crippen molar-refractivity contribution in [3.63, 3.8) is 0 Å². The molecule has 2 aliphatic heterocycles. The predicted molar refractivity (Wildman–Crippen MR) is 178 cm³/mol. The van der Waals surface area contributed by atoms with Crippen LogP contribution in [0, 0.1) is 11.3 Å². The minimum Gasteiger partial charge on any atom is -0.444 e. The number of ether oxygens (including phenoxy) is 1. The molecule has 3 atom stereocenters. The summed E-state index contributed by atoms with van der Waals surface area (Å²) in [7, 11) is 0. The van der Waals surface area contributed by atoms with Crippen molar-refractivity contribution >= 4 is 12.1 Å². The number of benzene rings is 2. The van der Waals surface area contributed by atoms with E-state index in [1.54, 1.807) is 17.0 Å². The lowest BCUT2D eigenvalue weighted by Gasteiger charge is -2.49. The van der Waals surface area contributed by atoms with Gasteiger partial charge in [-0.25, -0.2) is 14.6 Å². The Morgan fingerprint density at radius 3 is 2.35 bits per heavy atom. The molecule has 0 radical (unpaired) electrons. The van der Waals surface area contributed by atoms with Gasteiger partial charge < -0.3 is 19.9 Å². The van der Waals surface area contributed by atoms with E-state index in [9.17, 15) is 14.4 Å². The molecule has 1 aromatic heterocycles. The minimum absolute atomic E-state index is 0.00964.